The summed E-state index contributed by atoms with van der Waals surface area (Å²) in [7, 11) is 1.46. The van der Waals surface area contributed by atoms with Crippen molar-refractivity contribution in [3.05, 3.63) is 0 Å². The Morgan fingerprint density at radius 3 is 2.71 bits per heavy atom. The first kappa shape index (κ1) is 12.8. The van der Waals surface area contributed by atoms with E-state index in [4.69, 9.17) is 9.47 Å². The Morgan fingerprint density at radius 1 is 1.35 bits per heavy atom. The average molecular weight is 241 g/mol. The third kappa shape index (κ3) is 4.64. The van der Waals surface area contributed by atoms with Crippen LogP contribution in [0.3, 0.4) is 0 Å². The zero-order valence-electron chi connectivity index (χ0n) is 10.6. The van der Waals surface area contributed by atoms with Crippen LogP contribution in [0, 0.1) is 11.8 Å². The molecule has 17 heavy (non-hydrogen) atoms. The largest absolute Gasteiger partial charge is 0.468 e. The summed E-state index contributed by atoms with van der Waals surface area (Å²) in [4.78, 5) is 11.5. The average Bonchev–Trinajstić information content (AvgIpc) is 3.19. The van der Waals surface area contributed by atoms with E-state index in [1.54, 1.807) is 0 Å². The summed E-state index contributed by atoms with van der Waals surface area (Å²) in [5, 5.41) is 3.28. The predicted molar refractivity (Wildman–Crippen MR) is 64.7 cm³/mol. The first-order chi connectivity index (χ1) is 8.31. The molecule has 2 fully saturated rings. The number of nitrogens with one attached hydrogen (secondary N) is 1. The highest BCUT2D eigenvalue weighted by Crippen LogP contribution is 2.33. The second-order valence-corrected chi connectivity index (χ2v) is 5.16. The maximum atomic E-state index is 11.5. The van der Waals surface area contributed by atoms with Crippen LogP contribution in [0.5, 0.6) is 0 Å². The van der Waals surface area contributed by atoms with E-state index >= 15 is 0 Å². The number of hydrogen-bond donors (Lipinski definition) is 1. The van der Waals surface area contributed by atoms with Crippen molar-refractivity contribution < 1.29 is 14.3 Å². The van der Waals surface area contributed by atoms with Gasteiger partial charge in [0.2, 0.25) is 0 Å². The molecule has 0 bridgehead atoms. The molecule has 98 valence electrons. The van der Waals surface area contributed by atoms with Gasteiger partial charge in [0.05, 0.1) is 7.11 Å². The molecule has 0 amide bonds. The van der Waals surface area contributed by atoms with Crippen LogP contribution in [0.4, 0.5) is 0 Å². The van der Waals surface area contributed by atoms with E-state index in [0.29, 0.717) is 5.92 Å². The Kier molecular flexibility index (Phi) is 4.80. The zero-order valence-corrected chi connectivity index (χ0v) is 10.6. The van der Waals surface area contributed by atoms with Gasteiger partial charge >= 0.3 is 5.97 Å². The Bertz CT molecular complexity index is 249. The molecule has 0 radical (unpaired) electrons. The van der Waals surface area contributed by atoms with Gasteiger partial charge in [-0.2, -0.15) is 0 Å². The minimum Gasteiger partial charge on any atom is -0.468 e. The number of esters is 1. The molecule has 2 saturated carbocycles. The molecule has 0 aromatic rings. The first-order valence-electron chi connectivity index (χ1n) is 6.70. The molecule has 2 rings (SSSR count). The minimum atomic E-state index is -0.119. The van der Waals surface area contributed by atoms with Crippen molar-refractivity contribution >= 4 is 5.97 Å². The van der Waals surface area contributed by atoms with Crippen molar-refractivity contribution in [3.63, 3.8) is 0 Å². The van der Waals surface area contributed by atoms with Crippen LogP contribution in [0.1, 0.15) is 32.1 Å². The van der Waals surface area contributed by atoms with Crippen LogP contribution >= 0.6 is 0 Å². The third-order valence-corrected chi connectivity index (χ3v) is 3.43. The fourth-order valence-electron chi connectivity index (χ4n) is 1.97. The highest BCUT2D eigenvalue weighted by molar-refractivity contribution is 5.76. The summed E-state index contributed by atoms with van der Waals surface area (Å²) in [6.07, 6.45) is 5.93. The molecule has 4 nitrogen and oxygen atoms in total. The molecule has 0 saturated heterocycles. The van der Waals surface area contributed by atoms with Crippen molar-refractivity contribution in [1.82, 2.24) is 5.32 Å². The highest BCUT2D eigenvalue weighted by atomic mass is 16.5. The van der Waals surface area contributed by atoms with Gasteiger partial charge < -0.3 is 14.8 Å². The lowest BCUT2D eigenvalue weighted by molar-refractivity contribution is -0.143. The van der Waals surface area contributed by atoms with Gasteiger partial charge in [-0.25, -0.2) is 0 Å². The van der Waals surface area contributed by atoms with Crippen molar-refractivity contribution in [2.75, 3.05) is 26.9 Å². The molecule has 0 spiro atoms. The van der Waals surface area contributed by atoms with Crippen LogP contribution in [-0.2, 0) is 14.3 Å². The number of carbonyl (C=O) groups is 1. The molecule has 2 aliphatic carbocycles. The van der Waals surface area contributed by atoms with Crippen molar-refractivity contribution in [2.24, 2.45) is 11.8 Å². The predicted octanol–water partition coefficient (Wildman–Crippen LogP) is 1.34. The third-order valence-electron chi connectivity index (χ3n) is 3.43. The van der Waals surface area contributed by atoms with Gasteiger partial charge in [-0.15, -0.1) is 0 Å². The fourth-order valence-corrected chi connectivity index (χ4v) is 1.97. The van der Waals surface area contributed by atoms with Gasteiger partial charge in [-0.05, 0) is 50.5 Å². The van der Waals surface area contributed by atoms with Crippen LogP contribution in [0.25, 0.3) is 0 Å². The molecule has 0 heterocycles. The van der Waals surface area contributed by atoms with E-state index < -0.39 is 0 Å². The molecule has 0 aromatic heterocycles. The number of ether oxygens (including phenoxy) is 2. The van der Waals surface area contributed by atoms with E-state index in [-0.39, 0.29) is 12.0 Å². The summed E-state index contributed by atoms with van der Waals surface area (Å²) in [5.41, 5.74) is 0. The Hall–Kier alpha value is -0.610. The van der Waals surface area contributed by atoms with Gasteiger partial charge in [0.25, 0.3) is 0 Å². The van der Waals surface area contributed by atoms with Crippen molar-refractivity contribution in [3.8, 4) is 0 Å². The lowest BCUT2D eigenvalue weighted by Gasteiger charge is -2.15. The molecule has 4 heteroatoms. The quantitative estimate of drug-likeness (QED) is 0.489. The second-order valence-electron chi connectivity index (χ2n) is 5.16. The minimum absolute atomic E-state index is 0.0940. The summed E-state index contributed by atoms with van der Waals surface area (Å²) in [5.74, 6) is 1.21. The summed E-state index contributed by atoms with van der Waals surface area (Å²) < 4.78 is 10.3. The van der Waals surface area contributed by atoms with Gasteiger partial charge in [0.1, 0.15) is 6.04 Å². The maximum absolute atomic E-state index is 11.5. The molecule has 0 aliphatic heterocycles. The number of methoxy groups -OCH3 is 1. The van der Waals surface area contributed by atoms with E-state index in [2.05, 4.69) is 5.32 Å². The molecular formula is C13H23NO3. The lowest BCUT2D eigenvalue weighted by Crippen LogP contribution is -2.40. The van der Waals surface area contributed by atoms with Crippen LogP contribution in [0.15, 0.2) is 0 Å². The summed E-state index contributed by atoms with van der Waals surface area (Å²) in [6.45, 7) is 2.55. The molecule has 2 aliphatic rings. The van der Waals surface area contributed by atoms with Gasteiger partial charge in [0.15, 0.2) is 0 Å². The summed E-state index contributed by atoms with van der Waals surface area (Å²) in [6, 6.07) is -0.0940. The Balaban J connectivity index is 1.50. The fraction of sp³-hybridized carbons (Fsp3) is 0.923. The molecular weight excluding hydrogens is 218 g/mol. The SMILES string of the molecule is COC(=O)C(NCCCOCC1CC1)C1CC1. The van der Waals surface area contributed by atoms with Gasteiger partial charge in [-0.1, -0.05) is 0 Å². The molecule has 1 N–H and O–H groups in total. The Morgan fingerprint density at radius 2 is 2.12 bits per heavy atom. The monoisotopic (exact) mass is 241 g/mol. The van der Waals surface area contributed by atoms with Crippen molar-refractivity contribution in [2.45, 2.75) is 38.1 Å². The van der Waals surface area contributed by atoms with E-state index in [9.17, 15) is 4.79 Å². The normalized spacial score (nSPS) is 21.2. The van der Waals surface area contributed by atoms with Gasteiger partial charge in [0, 0.05) is 13.2 Å². The van der Waals surface area contributed by atoms with E-state index in [1.807, 2.05) is 0 Å². The van der Waals surface area contributed by atoms with E-state index in [1.165, 1.54) is 20.0 Å². The number of rotatable bonds is 9. The molecule has 1 unspecified atom stereocenters. The smallest absolute Gasteiger partial charge is 0.323 e. The highest BCUT2D eigenvalue weighted by Gasteiger charge is 2.36. The van der Waals surface area contributed by atoms with Crippen molar-refractivity contribution in [1.29, 1.82) is 0 Å². The number of carbonyl (C=O) groups excluding carboxylic acids is 1. The molecule has 0 aromatic carbocycles. The lowest BCUT2D eigenvalue weighted by atomic mass is 10.2. The standard InChI is InChI=1S/C13H23NO3/c1-16-13(15)12(11-5-6-11)14-7-2-8-17-9-10-3-4-10/h10-12,14H,2-9H2,1H3. The van der Waals surface area contributed by atoms with Gasteiger partial charge in [-0.3, -0.25) is 4.79 Å². The van der Waals surface area contributed by atoms with E-state index in [0.717, 1.165) is 44.9 Å². The first-order valence-corrected chi connectivity index (χ1v) is 6.70. The number of hydrogen-bond acceptors (Lipinski definition) is 4. The van der Waals surface area contributed by atoms with Crippen LogP contribution in [0.2, 0.25) is 0 Å². The summed E-state index contributed by atoms with van der Waals surface area (Å²) >= 11 is 0. The maximum Gasteiger partial charge on any atom is 0.323 e. The van der Waals surface area contributed by atoms with Crippen LogP contribution in [-0.4, -0.2) is 38.9 Å². The topological polar surface area (TPSA) is 47.6 Å². The molecule has 1 atom stereocenters. The Labute approximate surface area is 103 Å². The van der Waals surface area contributed by atoms with Crippen LogP contribution < -0.4 is 5.32 Å². The second kappa shape index (κ2) is 6.36. The zero-order chi connectivity index (χ0) is 12.1.